The lowest BCUT2D eigenvalue weighted by molar-refractivity contribution is 0.0937. The molecule has 0 spiro atoms. The molecule has 0 radical (unpaired) electrons. The molecule has 0 saturated carbocycles. The molecule has 24 heavy (non-hydrogen) atoms. The van der Waals surface area contributed by atoms with Crippen molar-refractivity contribution in [2.24, 2.45) is 0 Å². The number of nitrogens with zero attached hydrogens (tertiary/aromatic N) is 1. The zero-order valence-electron chi connectivity index (χ0n) is 12.9. The number of hydrogen-bond acceptors (Lipinski definition) is 4. The highest BCUT2D eigenvalue weighted by molar-refractivity contribution is 7.16. The lowest BCUT2D eigenvalue weighted by Gasteiger charge is -2.11. The van der Waals surface area contributed by atoms with Crippen LogP contribution in [0.3, 0.4) is 0 Å². The van der Waals surface area contributed by atoms with Gasteiger partial charge in [-0.15, -0.1) is 11.3 Å². The molecule has 1 atom stereocenters. The molecule has 4 rings (SSSR count). The maximum atomic E-state index is 12.3. The molecular formula is C19H16N2O2S. The second-order valence-corrected chi connectivity index (χ2v) is 6.69. The zero-order chi connectivity index (χ0) is 16.4. The third kappa shape index (κ3) is 3.03. The van der Waals surface area contributed by atoms with E-state index in [-0.39, 0.29) is 12.0 Å². The van der Waals surface area contributed by atoms with Gasteiger partial charge in [0.15, 0.2) is 0 Å². The topological polar surface area (TPSA) is 51.2 Å². The van der Waals surface area contributed by atoms with Gasteiger partial charge in [0.05, 0.1) is 12.7 Å². The molecule has 120 valence electrons. The van der Waals surface area contributed by atoms with E-state index >= 15 is 0 Å². The van der Waals surface area contributed by atoms with Gasteiger partial charge in [0.2, 0.25) is 0 Å². The minimum Gasteiger partial charge on any atom is -0.488 e. The Balaban J connectivity index is 1.37. The van der Waals surface area contributed by atoms with E-state index in [9.17, 15) is 4.79 Å². The number of thiazole rings is 1. The first-order valence-corrected chi connectivity index (χ1v) is 8.65. The van der Waals surface area contributed by atoms with E-state index in [0.717, 1.165) is 22.7 Å². The molecule has 2 aromatic carbocycles. The van der Waals surface area contributed by atoms with Crippen LogP contribution in [0.5, 0.6) is 5.75 Å². The van der Waals surface area contributed by atoms with E-state index in [4.69, 9.17) is 4.74 Å². The highest BCUT2D eigenvalue weighted by atomic mass is 32.1. The van der Waals surface area contributed by atoms with Crippen LogP contribution in [0.15, 0.2) is 60.8 Å². The van der Waals surface area contributed by atoms with Gasteiger partial charge in [-0.3, -0.25) is 4.79 Å². The summed E-state index contributed by atoms with van der Waals surface area (Å²) in [5, 5.41) is 3.80. The molecule has 1 N–H and O–H groups in total. The van der Waals surface area contributed by atoms with Crippen molar-refractivity contribution in [2.45, 2.75) is 12.5 Å². The second kappa shape index (κ2) is 6.45. The van der Waals surface area contributed by atoms with Gasteiger partial charge >= 0.3 is 0 Å². The van der Waals surface area contributed by atoms with E-state index in [0.29, 0.717) is 11.4 Å². The predicted molar refractivity (Wildman–Crippen MR) is 94.4 cm³/mol. The molecule has 0 fully saturated rings. The molecule has 0 aliphatic carbocycles. The highest BCUT2D eigenvalue weighted by Crippen LogP contribution is 2.28. The van der Waals surface area contributed by atoms with Gasteiger partial charge in [0.25, 0.3) is 5.91 Å². The summed E-state index contributed by atoms with van der Waals surface area (Å²) in [4.78, 5) is 17.3. The second-order valence-electron chi connectivity index (χ2n) is 5.66. The van der Waals surface area contributed by atoms with Gasteiger partial charge in [-0.05, 0) is 11.6 Å². The van der Waals surface area contributed by atoms with Crippen LogP contribution >= 0.6 is 11.3 Å². The molecule has 1 aliphatic heterocycles. The van der Waals surface area contributed by atoms with Gasteiger partial charge in [0, 0.05) is 12.0 Å². The summed E-state index contributed by atoms with van der Waals surface area (Å²) in [5.74, 6) is 0.815. The fourth-order valence-electron chi connectivity index (χ4n) is 2.75. The predicted octanol–water partition coefficient (Wildman–Crippen LogP) is 3.54. The minimum atomic E-state index is -0.103. The lowest BCUT2D eigenvalue weighted by atomic mass is 10.1. The number of ether oxygens (including phenoxy) is 1. The van der Waals surface area contributed by atoms with E-state index < -0.39 is 0 Å². The quantitative estimate of drug-likeness (QED) is 0.793. The highest BCUT2D eigenvalue weighted by Gasteiger charge is 2.23. The fraction of sp³-hybridized carbons (Fsp3) is 0.158. The van der Waals surface area contributed by atoms with Crippen molar-refractivity contribution in [3.8, 4) is 16.3 Å². The maximum Gasteiger partial charge on any atom is 0.263 e. The van der Waals surface area contributed by atoms with Gasteiger partial charge in [0.1, 0.15) is 21.7 Å². The van der Waals surface area contributed by atoms with Crippen LogP contribution in [0.1, 0.15) is 15.2 Å². The van der Waals surface area contributed by atoms with Crippen molar-refractivity contribution in [3.63, 3.8) is 0 Å². The number of nitrogens with one attached hydrogen (secondary N) is 1. The van der Waals surface area contributed by atoms with Gasteiger partial charge in [-0.25, -0.2) is 4.98 Å². The van der Waals surface area contributed by atoms with E-state index in [2.05, 4.69) is 16.4 Å². The number of carbonyl (C=O) groups is 1. The summed E-state index contributed by atoms with van der Waals surface area (Å²) < 4.78 is 5.84. The van der Waals surface area contributed by atoms with Crippen molar-refractivity contribution >= 4 is 17.2 Å². The Morgan fingerprint density at radius 2 is 1.96 bits per heavy atom. The van der Waals surface area contributed by atoms with Crippen LogP contribution in [0.25, 0.3) is 10.6 Å². The summed E-state index contributed by atoms with van der Waals surface area (Å²) in [6, 6.07) is 17.9. The maximum absolute atomic E-state index is 12.3. The Bertz CT molecular complexity index is 836. The zero-order valence-corrected chi connectivity index (χ0v) is 13.8. The average molecular weight is 336 g/mol. The number of carbonyl (C=O) groups excluding carboxylic acids is 1. The Hall–Kier alpha value is -2.66. The molecule has 0 saturated heterocycles. The molecular weight excluding hydrogens is 320 g/mol. The Morgan fingerprint density at radius 3 is 2.79 bits per heavy atom. The van der Waals surface area contributed by atoms with E-state index in [1.165, 1.54) is 16.9 Å². The largest absolute Gasteiger partial charge is 0.488 e. The summed E-state index contributed by atoms with van der Waals surface area (Å²) in [7, 11) is 0. The van der Waals surface area contributed by atoms with Crippen LogP contribution in [-0.2, 0) is 6.42 Å². The van der Waals surface area contributed by atoms with Crippen molar-refractivity contribution in [2.75, 3.05) is 6.54 Å². The number of fused-ring (bicyclic) bond motifs is 1. The first-order chi connectivity index (χ1) is 11.8. The average Bonchev–Trinajstić information content (AvgIpc) is 3.27. The van der Waals surface area contributed by atoms with Crippen LogP contribution in [0.2, 0.25) is 0 Å². The van der Waals surface area contributed by atoms with Gasteiger partial charge in [-0.1, -0.05) is 48.5 Å². The number of benzene rings is 2. The third-order valence-corrected chi connectivity index (χ3v) is 5.00. The molecule has 1 amide bonds. The summed E-state index contributed by atoms with van der Waals surface area (Å²) >= 11 is 1.40. The van der Waals surface area contributed by atoms with Crippen LogP contribution < -0.4 is 10.1 Å². The van der Waals surface area contributed by atoms with E-state index in [1.807, 2.05) is 48.5 Å². The van der Waals surface area contributed by atoms with Crippen LogP contribution in [-0.4, -0.2) is 23.5 Å². The van der Waals surface area contributed by atoms with Crippen molar-refractivity contribution in [1.29, 1.82) is 0 Å². The Kier molecular flexibility index (Phi) is 4.01. The third-order valence-electron chi connectivity index (χ3n) is 3.95. The summed E-state index contributed by atoms with van der Waals surface area (Å²) in [5.41, 5.74) is 2.22. The standard InChI is InChI=1S/C19H16N2O2S/c22-18(17-12-21-19(24-17)13-6-2-1-3-7-13)20-11-15-10-14-8-4-5-9-16(14)23-15/h1-9,12,15H,10-11H2,(H,20,22)/t15-/m1/s1. The van der Waals surface area contributed by atoms with Crippen molar-refractivity contribution in [1.82, 2.24) is 10.3 Å². The smallest absolute Gasteiger partial charge is 0.263 e. The molecule has 5 heteroatoms. The number of hydrogen-bond donors (Lipinski definition) is 1. The van der Waals surface area contributed by atoms with Crippen molar-refractivity contribution in [3.05, 3.63) is 71.2 Å². The Morgan fingerprint density at radius 1 is 1.17 bits per heavy atom. The molecule has 0 bridgehead atoms. The molecule has 1 aromatic heterocycles. The van der Waals surface area contributed by atoms with E-state index in [1.54, 1.807) is 6.20 Å². The summed E-state index contributed by atoms with van der Waals surface area (Å²) in [6.45, 7) is 0.492. The number of aromatic nitrogens is 1. The van der Waals surface area contributed by atoms with Gasteiger partial charge < -0.3 is 10.1 Å². The SMILES string of the molecule is O=C(NC[C@H]1Cc2ccccc2O1)c1cnc(-c2ccccc2)s1. The van der Waals surface area contributed by atoms with Gasteiger partial charge in [-0.2, -0.15) is 0 Å². The number of para-hydroxylation sites is 1. The molecule has 2 heterocycles. The van der Waals surface area contributed by atoms with Crippen LogP contribution in [0.4, 0.5) is 0 Å². The summed E-state index contributed by atoms with van der Waals surface area (Å²) in [6.07, 6.45) is 2.45. The molecule has 1 aliphatic rings. The molecule has 3 aromatic rings. The molecule has 0 unspecified atom stereocenters. The lowest BCUT2D eigenvalue weighted by Crippen LogP contribution is -2.34. The minimum absolute atomic E-state index is 0.00661. The van der Waals surface area contributed by atoms with Crippen molar-refractivity contribution < 1.29 is 9.53 Å². The monoisotopic (exact) mass is 336 g/mol. The number of amides is 1. The normalized spacial score (nSPS) is 15.6. The fourth-order valence-corrected chi connectivity index (χ4v) is 3.59. The first kappa shape index (κ1) is 14.9. The van der Waals surface area contributed by atoms with Crippen LogP contribution in [0, 0.1) is 0 Å². The molecule has 4 nitrogen and oxygen atoms in total. The Labute approximate surface area is 144 Å². The number of rotatable bonds is 4. The first-order valence-electron chi connectivity index (χ1n) is 7.83.